The Bertz CT molecular complexity index is 394. The van der Waals surface area contributed by atoms with E-state index in [2.05, 4.69) is 20.8 Å². The van der Waals surface area contributed by atoms with Crippen molar-refractivity contribution in [1.29, 1.82) is 0 Å². The molecule has 0 aliphatic carbocycles. The highest BCUT2D eigenvalue weighted by atomic mass is 79.9. The summed E-state index contributed by atoms with van der Waals surface area (Å²) < 4.78 is 17.4. The summed E-state index contributed by atoms with van der Waals surface area (Å²) in [6.07, 6.45) is 1.01. The van der Waals surface area contributed by atoms with Crippen LogP contribution in [-0.2, 0) is 4.74 Å². The van der Waals surface area contributed by atoms with Crippen molar-refractivity contribution in [3.05, 3.63) is 22.7 Å². The zero-order valence-corrected chi connectivity index (χ0v) is 12.8. The Kier molecular flexibility index (Phi) is 5.94. The smallest absolute Gasteiger partial charge is 0.161 e. The monoisotopic (exact) mass is 329 g/mol. The lowest BCUT2D eigenvalue weighted by Crippen LogP contribution is -2.37. The summed E-state index contributed by atoms with van der Waals surface area (Å²) >= 11 is 3.42. The molecule has 1 fully saturated rings. The highest BCUT2D eigenvalue weighted by molar-refractivity contribution is 9.10. The first-order valence-corrected chi connectivity index (χ1v) is 7.35. The highest BCUT2D eigenvalue weighted by Crippen LogP contribution is 2.30. The Morgan fingerprint density at radius 3 is 2.79 bits per heavy atom. The van der Waals surface area contributed by atoms with Gasteiger partial charge in [0, 0.05) is 24.1 Å². The molecule has 19 heavy (non-hydrogen) atoms. The lowest BCUT2D eigenvalue weighted by atomic mass is 10.3. The molecule has 0 aromatic heterocycles. The van der Waals surface area contributed by atoms with Gasteiger partial charge in [-0.3, -0.25) is 4.90 Å². The fourth-order valence-corrected chi connectivity index (χ4v) is 2.40. The Morgan fingerprint density at radius 2 is 2.05 bits per heavy atom. The van der Waals surface area contributed by atoms with Crippen LogP contribution in [0.25, 0.3) is 0 Å². The van der Waals surface area contributed by atoms with E-state index in [1.54, 1.807) is 7.11 Å². The number of hydrogen-bond donors (Lipinski definition) is 0. The zero-order valence-electron chi connectivity index (χ0n) is 11.2. The molecule has 1 heterocycles. The van der Waals surface area contributed by atoms with E-state index in [9.17, 15) is 0 Å². The highest BCUT2D eigenvalue weighted by Gasteiger charge is 2.10. The van der Waals surface area contributed by atoms with Crippen LogP contribution in [0.2, 0.25) is 0 Å². The maximum Gasteiger partial charge on any atom is 0.161 e. The Hall–Kier alpha value is -0.780. The molecule has 0 N–H and O–H groups in total. The van der Waals surface area contributed by atoms with Crippen molar-refractivity contribution in [3.8, 4) is 11.5 Å². The van der Waals surface area contributed by atoms with Crippen LogP contribution in [-0.4, -0.2) is 51.5 Å². The predicted molar refractivity (Wildman–Crippen MR) is 78.1 cm³/mol. The lowest BCUT2D eigenvalue weighted by Gasteiger charge is -2.26. The minimum atomic E-state index is 0.704. The molecule has 5 heteroatoms. The first kappa shape index (κ1) is 14.6. The molecule has 0 amide bonds. The Balaban J connectivity index is 1.73. The minimum Gasteiger partial charge on any atom is -0.493 e. The van der Waals surface area contributed by atoms with Crippen molar-refractivity contribution in [2.24, 2.45) is 0 Å². The van der Waals surface area contributed by atoms with E-state index < -0.39 is 0 Å². The summed E-state index contributed by atoms with van der Waals surface area (Å²) in [6.45, 7) is 5.52. The normalized spacial score (nSPS) is 16.3. The second-order valence-corrected chi connectivity index (χ2v) is 5.37. The maximum absolute atomic E-state index is 5.77. The van der Waals surface area contributed by atoms with E-state index in [1.165, 1.54) is 0 Å². The van der Waals surface area contributed by atoms with E-state index in [0.717, 1.165) is 55.2 Å². The molecule has 1 aliphatic heterocycles. The largest absolute Gasteiger partial charge is 0.493 e. The number of halogens is 1. The van der Waals surface area contributed by atoms with Gasteiger partial charge in [-0.25, -0.2) is 0 Å². The minimum absolute atomic E-state index is 0.704. The molecule has 0 atom stereocenters. The average Bonchev–Trinajstić information content (AvgIpc) is 2.46. The third kappa shape index (κ3) is 4.67. The first-order chi connectivity index (χ1) is 9.29. The van der Waals surface area contributed by atoms with Crippen LogP contribution in [0, 0.1) is 0 Å². The van der Waals surface area contributed by atoms with Crippen molar-refractivity contribution in [1.82, 2.24) is 4.90 Å². The molecule has 2 rings (SSSR count). The molecule has 0 bridgehead atoms. The zero-order chi connectivity index (χ0) is 13.5. The average molecular weight is 330 g/mol. The molecule has 4 nitrogen and oxygen atoms in total. The molecule has 0 saturated carbocycles. The molecule has 1 aromatic rings. The number of ether oxygens (including phenoxy) is 3. The van der Waals surface area contributed by atoms with E-state index in [-0.39, 0.29) is 0 Å². The van der Waals surface area contributed by atoms with Gasteiger partial charge >= 0.3 is 0 Å². The van der Waals surface area contributed by atoms with Gasteiger partial charge in [-0.2, -0.15) is 0 Å². The fourth-order valence-electron chi connectivity index (χ4n) is 2.06. The molecule has 1 aromatic carbocycles. The van der Waals surface area contributed by atoms with Crippen molar-refractivity contribution < 1.29 is 14.2 Å². The van der Waals surface area contributed by atoms with E-state index in [4.69, 9.17) is 14.2 Å². The van der Waals surface area contributed by atoms with Gasteiger partial charge in [0.25, 0.3) is 0 Å². The van der Waals surface area contributed by atoms with Crippen molar-refractivity contribution in [2.45, 2.75) is 6.42 Å². The van der Waals surface area contributed by atoms with Gasteiger partial charge in [0.1, 0.15) is 0 Å². The van der Waals surface area contributed by atoms with Gasteiger partial charge in [0.2, 0.25) is 0 Å². The number of hydrogen-bond acceptors (Lipinski definition) is 4. The van der Waals surface area contributed by atoms with Gasteiger partial charge in [-0.1, -0.05) is 15.9 Å². The summed E-state index contributed by atoms with van der Waals surface area (Å²) in [5.41, 5.74) is 0. The topological polar surface area (TPSA) is 30.9 Å². The summed E-state index contributed by atoms with van der Waals surface area (Å²) in [5.74, 6) is 1.56. The van der Waals surface area contributed by atoms with Crippen molar-refractivity contribution >= 4 is 15.9 Å². The predicted octanol–water partition coefficient (Wildman–Crippen LogP) is 2.56. The quantitative estimate of drug-likeness (QED) is 0.750. The van der Waals surface area contributed by atoms with Gasteiger partial charge in [-0.05, 0) is 24.6 Å². The first-order valence-electron chi connectivity index (χ1n) is 6.56. The summed E-state index contributed by atoms with van der Waals surface area (Å²) in [7, 11) is 1.66. The van der Waals surface area contributed by atoms with Gasteiger partial charge in [0.05, 0.1) is 26.9 Å². The summed E-state index contributed by atoms with van der Waals surface area (Å²) in [5, 5.41) is 0. The molecule has 0 radical (unpaired) electrons. The number of morpholine rings is 1. The van der Waals surface area contributed by atoms with Crippen LogP contribution in [0.5, 0.6) is 11.5 Å². The number of rotatable bonds is 6. The molecule has 106 valence electrons. The Morgan fingerprint density at radius 1 is 1.26 bits per heavy atom. The lowest BCUT2D eigenvalue weighted by molar-refractivity contribution is 0.0357. The molecule has 0 spiro atoms. The fraction of sp³-hybridized carbons (Fsp3) is 0.571. The van der Waals surface area contributed by atoms with Crippen LogP contribution in [0.3, 0.4) is 0 Å². The standard InChI is InChI=1S/C14H20BrNO3/c1-17-14-11-12(15)3-4-13(14)19-8-2-5-16-6-9-18-10-7-16/h3-4,11H,2,5-10H2,1H3. The van der Waals surface area contributed by atoms with Crippen molar-refractivity contribution in [3.63, 3.8) is 0 Å². The molecular weight excluding hydrogens is 310 g/mol. The van der Waals surface area contributed by atoms with E-state index >= 15 is 0 Å². The second kappa shape index (κ2) is 7.72. The van der Waals surface area contributed by atoms with Crippen LogP contribution < -0.4 is 9.47 Å². The molecular formula is C14H20BrNO3. The van der Waals surface area contributed by atoms with Crippen LogP contribution in [0.1, 0.15) is 6.42 Å². The van der Waals surface area contributed by atoms with Crippen LogP contribution in [0.15, 0.2) is 22.7 Å². The second-order valence-electron chi connectivity index (χ2n) is 4.45. The van der Waals surface area contributed by atoms with Crippen molar-refractivity contribution in [2.75, 3.05) is 46.6 Å². The molecule has 1 aliphatic rings. The van der Waals surface area contributed by atoms with Gasteiger partial charge < -0.3 is 14.2 Å². The number of methoxy groups -OCH3 is 1. The number of benzene rings is 1. The van der Waals surface area contributed by atoms with E-state index in [1.807, 2.05) is 18.2 Å². The Labute approximate surface area is 122 Å². The van der Waals surface area contributed by atoms with Gasteiger partial charge in [0.15, 0.2) is 11.5 Å². The molecule has 1 saturated heterocycles. The third-order valence-electron chi connectivity index (χ3n) is 3.11. The van der Waals surface area contributed by atoms with E-state index in [0.29, 0.717) is 6.61 Å². The van der Waals surface area contributed by atoms with Gasteiger partial charge in [-0.15, -0.1) is 0 Å². The van der Waals surface area contributed by atoms with Crippen LogP contribution >= 0.6 is 15.9 Å². The maximum atomic E-state index is 5.77. The van der Waals surface area contributed by atoms with Crippen LogP contribution in [0.4, 0.5) is 0 Å². The summed E-state index contributed by atoms with van der Waals surface area (Å²) in [6, 6.07) is 5.80. The molecule has 0 unspecified atom stereocenters. The number of nitrogens with zero attached hydrogens (tertiary/aromatic N) is 1. The third-order valence-corrected chi connectivity index (χ3v) is 3.60. The SMILES string of the molecule is COc1cc(Br)ccc1OCCCN1CCOCC1. The summed E-state index contributed by atoms with van der Waals surface area (Å²) in [4.78, 5) is 2.41.